The van der Waals surface area contributed by atoms with Gasteiger partial charge in [-0.3, -0.25) is 10.7 Å². The van der Waals surface area contributed by atoms with Crippen LogP contribution in [0.5, 0.6) is 0 Å². The first-order chi connectivity index (χ1) is 10.6. The topological polar surface area (TPSA) is 65.7 Å². The number of likely N-dealkylation sites (N-methyl/N-ethyl adjacent to an activating group) is 1. The van der Waals surface area contributed by atoms with Crippen molar-refractivity contribution in [3.05, 3.63) is 47.3 Å². The second-order valence-corrected chi connectivity index (χ2v) is 6.33. The molecule has 0 saturated heterocycles. The highest BCUT2D eigenvalue weighted by Gasteiger charge is 2.40. The molecule has 1 aromatic rings. The van der Waals surface area contributed by atoms with Crippen molar-refractivity contribution in [1.29, 1.82) is 0 Å². The Hall–Kier alpha value is -1.85. The van der Waals surface area contributed by atoms with Gasteiger partial charge in [0.2, 0.25) is 0 Å². The van der Waals surface area contributed by atoms with Crippen LogP contribution in [0.2, 0.25) is 0 Å². The van der Waals surface area contributed by atoms with E-state index in [2.05, 4.69) is 58.9 Å². The van der Waals surface area contributed by atoms with Crippen molar-refractivity contribution in [3.8, 4) is 0 Å². The van der Waals surface area contributed by atoms with Crippen molar-refractivity contribution in [2.75, 3.05) is 27.2 Å². The van der Waals surface area contributed by atoms with Gasteiger partial charge in [-0.1, -0.05) is 24.3 Å². The summed E-state index contributed by atoms with van der Waals surface area (Å²) in [6.45, 7) is 1.84. The van der Waals surface area contributed by atoms with Crippen LogP contribution >= 0.6 is 0 Å². The van der Waals surface area contributed by atoms with Gasteiger partial charge in [-0.25, -0.2) is 0 Å². The zero-order valence-corrected chi connectivity index (χ0v) is 13.3. The maximum Gasteiger partial charge on any atom is 0.190 e. The van der Waals surface area contributed by atoms with Crippen molar-refractivity contribution in [3.63, 3.8) is 0 Å². The smallest absolute Gasteiger partial charge is 0.190 e. The Bertz CT molecular complexity index is 592. The molecule has 0 amide bonds. The maximum absolute atomic E-state index is 6.60. The van der Waals surface area contributed by atoms with Crippen molar-refractivity contribution in [1.82, 2.24) is 15.5 Å². The summed E-state index contributed by atoms with van der Waals surface area (Å²) in [5.74, 6) is 0.393. The molecule has 118 valence electrons. The molecule has 0 aromatic heterocycles. The maximum atomic E-state index is 6.60. The molecule has 0 bridgehead atoms. The number of hydrogen-bond donors (Lipinski definition) is 3. The van der Waals surface area contributed by atoms with Crippen LogP contribution in [-0.4, -0.2) is 44.1 Å². The molecule has 2 atom stereocenters. The van der Waals surface area contributed by atoms with Crippen LogP contribution in [0.4, 0.5) is 0 Å². The van der Waals surface area contributed by atoms with Gasteiger partial charge in [0, 0.05) is 25.2 Å². The van der Waals surface area contributed by atoms with E-state index < -0.39 is 5.79 Å². The van der Waals surface area contributed by atoms with Crippen LogP contribution in [0.3, 0.4) is 0 Å². The molecule has 2 unspecified atom stereocenters. The lowest BCUT2D eigenvalue weighted by molar-refractivity contribution is 0.296. The molecule has 4 N–H and O–H groups in total. The molecular weight excluding hydrogens is 274 g/mol. The highest BCUT2D eigenvalue weighted by Crippen LogP contribution is 2.39. The van der Waals surface area contributed by atoms with E-state index in [1.807, 2.05) is 12.3 Å². The summed E-state index contributed by atoms with van der Waals surface area (Å²) in [7, 11) is 4.13. The van der Waals surface area contributed by atoms with Crippen molar-refractivity contribution >= 4 is 6.21 Å². The van der Waals surface area contributed by atoms with E-state index in [1.165, 1.54) is 11.1 Å². The lowest BCUT2D eigenvalue weighted by Crippen LogP contribution is -2.58. The largest absolute Gasteiger partial charge is 0.370 e. The van der Waals surface area contributed by atoms with Crippen molar-refractivity contribution in [2.24, 2.45) is 10.7 Å². The Morgan fingerprint density at radius 1 is 1.41 bits per heavy atom. The minimum atomic E-state index is -0.762. The molecule has 1 aromatic carbocycles. The Labute approximate surface area is 132 Å². The number of aryl methyl sites for hydroxylation is 1. The van der Waals surface area contributed by atoms with E-state index in [1.54, 1.807) is 0 Å². The van der Waals surface area contributed by atoms with Gasteiger partial charge < -0.3 is 15.5 Å². The predicted octanol–water partition coefficient (Wildman–Crippen LogP) is 0.996. The number of nitrogens with zero attached hydrogens (tertiary/aromatic N) is 2. The molecule has 5 heteroatoms. The summed E-state index contributed by atoms with van der Waals surface area (Å²) in [5.41, 5.74) is 9.32. The minimum Gasteiger partial charge on any atom is -0.370 e. The first kappa shape index (κ1) is 15.1. The minimum absolute atomic E-state index is 0.208. The monoisotopic (exact) mass is 299 g/mol. The normalized spacial score (nSPS) is 26.5. The summed E-state index contributed by atoms with van der Waals surface area (Å²) in [5, 5.41) is 6.79. The van der Waals surface area contributed by atoms with E-state index in [0.29, 0.717) is 0 Å². The molecule has 1 heterocycles. The molecule has 0 fully saturated rings. The van der Waals surface area contributed by atoms with Gasteiger partial charge in [-0.05, 0) is 44.1 Å². The molecule has 22 heavy (non-hydrogen) atoms. The third-order valence-corrected chi connectivity index (χ3v) is 4.40. The molecule has 2 aliphatic rings. The number of rotatable bonds is 5. The highest BCUT2D eigenvalue weighted by atomic mass is 15.3. The van der Waals surface area contributed by atoms with Crippen LogP contribution in [0.1, 0.15) is 23.5 Å². The molecule has 5 nitrogen and oxygen atoms in total. The average Bonchev–Trinajstić information content (AvgIpc) is 2.92. The van der Waals surface area contributed by atoms with Crippen molar-refractivity contribution in [2.45, 2.75) is 24.5 Å². The van der Waals surface area contributed by atoms with Gasteiger partial charge in [-0.2, -0.15) is 0 Å². The third kappa shape index (κ3) is 3.00. The van der Waals surface area contributed by atoms with Gasteiger partial charge in [0.25, 0.3) is 0 Å². The van der Waals surface area contributed by atoms with Crippen LogP contribution in [0.15, 0.2) is 41.2 Å². The summed E-state index contributed by atoms with van der Waals surface area (Å²) in [6, 6.07) is 8.54. The SMILES string of the molecule is CN(C)CCNC1=CC=NC(N)(C2CCc3ccccc32)N1. The summed E-state index contributed by atoms with van der Waals surface area (Å²) >= 11 is 0. The number of benzene rings is 1. The van der Waals surface area contributed by atoms with E-state index in [0.717, 1.165) is 31.8 Å². The predicted molar refractivity (Wildman–Crippen MR) is 90.7 cm³/mol. The second kappa shape index (κ2) is 6.10. The molecule has 1 aliphatic carbocycles. The van der Waals surface area contributed by atoms with E-state index >= 15 is 0 Å². The van der Waals surface area contributed by atoms with E-state index in [4.69, 9.17) is 5.73 Å². The first-order valence-corrected chi connectivity index (χ1v) is 7.87. The molecule has 0 spiro atoms. The van der Waals surface area contributed by atoms with Gasteiger partial charge >= 0.3 is 0 Å². The second-order valence-electron chi connectivity index (χ2n) is 6.33. The van der Waals surface area contributed by atoms with Crippen molar-refractivity contribution < 1.29 is 0 Å². The lowest BCUT2D eigenvalue weighted by atomic mass is 9.93. The standard InChI is InChI=1S/C17H25N5/c1-22(2)12-11-19-16-9-10-20-17(18,21-16)15-8-7-13-5-3-4-6-14(13)15/h3-6,9-10,15,19,21H,7-8,11-12,18H2,1-2H3. The first-order valence-electron chi connectivity index (χ1n) is 7.87. The van der Waals surface area contributed by atoms with Gasteiger partial charge in [0.15, 0.2) is 5.79 Å². The fourth-order valence-corrected chi connectivity index (χ4v) is 3.23. The number of fused-ring (bicyclic) bond motifs is 1. The van der Waals surface area contributed by atoms with E-state index in [9.17, 15) is 0 Å². The molecule has 0 radical (unpaired) electrons. The summed E-state index contributed by atoms with van der Waals surface area (Å²) < 4.78 is 0. The Balaban J connectivity index is 1.70. The quantitative estimate of drug-likeness (QED) is 0.759. The molecule has 3 rings (SSSR count). The lowest BCUT2D eigenvalue weighted by Gasteiger charge is -2.36. The van der Waals surface area contributed by atoms with Crippen LogP contribution in [-0.2, 0) is 6.42 Å². The molecular formula is C17H25N5. The number of allylic oxidation sites excluding steroid dienone is 1. The number of aliphatic imine (C=N–C) groups is 1. The number of nitrogens with one attached hydrogen (secondary N) is 2. The Morgan fingerprint density at radius 2 is 2.23 bits per heavy atom. The van der Waals surface area contributed by atoms with Gasteiger partial charge in [-0.15, -0.1) is 0 Å². The average molecular weight is 299 g/mol. The van der Waals surface area contributed by atoms with E-state index in [-0.39, 0.29) is 5.92 Å². The summed E-state index contributed by atoms with van der Waals surface area (Å²) in [6.07, 6.45) is 5.87. The molecule has 1 aliphatic heterocycles. The fraction of sp³-hybridized carbons (Fsp3) is 0.471. The Morgan fingerprint density at radius 3 is 3.05 bits per heavy atom. The van der Waals surface area contributed by atoms with Gasteiger partial charge in [0.05, 0.1) is 0 Å². The van der Waals surface area contributed by atoms with Crippen LogP contribution < -0.4 is 16.4 Å². The zero-order chi connectivity index (χ0) is 15.6. The highest BCUT2D eigenvalue weighted by molar-refractivity contribution is 5.73. The van der Waals surface area contributed by atoms with Crippen LogP contribution in [0, 0.1) is 0 Å². The zero-order valence-electron chi connectivity index (χ0n) is 13.3. The van der Waals surface area contributed by atoms with Gasteiger partial charge in [0.1, 0.15) is 5.82 Å². The Kier molecular flexibility index (Phi) is 4.18. The fourth-order valence-electron chi connectivity index (χ4n) is 3.23. The molecule has 0 saturated carbocycles. The third-order valence-electron chi connectivity index (χ3n) is 4.40. The van der Waals surface area contributed by atoms with Crippen LogP contribution in [0.25, 0.3) is 0 Å². The summed E-state index contributed by atoms with van der Waals surface area (Å²) in [4.78, 5) is 6.70. The number of hydrogen-bond acceptors (Lipinski definition) is 5. The number of nitrogens with two attached hydrogens (primary N) is 1.